The molecule has 1 heterocycles. The van der Waals surface area contributed by atoms with Crippen LogP contribution < -0.4 is 5.32 Å². The van der Waals surface area contributed by atoms with Gasteiger partial charge in [-0.25, -0.2) is 0 Å². The van der Waals surface area contributed by atoms with Crippen molar-refractivity contribution in [2.24, 2.45) is 5.92 Å². The third kappa shape index (κ3) is 5.57. The summed E-state index contributed by atoms with van der Waals surface area (Å²) in [5, 5.41) is 25.9. The molecule has 140 valence electrons. The summed E-state index contributed by atoms with van der Waals surface area (Å²) < 4.78 is 5.26. The summed E-state index contributed by atoms with van der Waals surface area (Å²) in [6.45, 7) is 3.76. The summed E-state index contributed by atoms with van der Waals surface area (Å²) in [5.74, 6) is -1.62. The first-order chi connectivity index (χ1) is 12.3. The van der Waals surface area contributed by atoms with Crippen molar-refractivity contribution in [3.8, 4) is 11.3 Å². The molecule has 0 aliphatic rings. The molecule has 2 atom stereocenters. The molecule has 2 aromatic rings. The van der Waals surface area contributed by atoms with Crippen molar-refractivity contribution in [3.63, 3.8) is 0 Å². The number of hydrogen-bond acceptors (Lipinski definition) is 5. The fourth-order valence-corrected chi connectivity index (χ4v) is 2.67. The van der Waals surface area contributed by atoms with E-state index in [-0.39, 0.29) is 12.3 Å². The molecule has 0 bridgehead atoms. The van der Waals surface area contributed by atoms with Crippen LogP contribution in [0.15, 0.2) is 34.9 Å². The number of benzene rings is 1. The van der Waals surface area contributed by atoms with Gasteiger partial charge in [-0.05, 0) is 36.6 Å². The molecule has 0 saturated carbocycles. The molecule has 0 spiro atoms. The molecule has 1 aromatic carbocycles. The van der Waals surface area contributed by atoms with E-state index in [0.29, 0.717) is 22.9 Å². The second kappa shape index (κ2) is 8.82. The largest absolute Gasteiger partial charge is 0.480 e. The number of carboxylic acids is 2. The van der Waals surface area contributed by atoms with Crippen molar-refractivity contribution in [1.29, 1.82) is 0 Å². The first-order valence-electron chi connectivity index (χ1n) is 8.19. The Bertz CT molecular complexity index is 757. The van der Waals surface area contributed by atoms with Gasteiger partial charge in [-0.2, -0.15) is 0 Å². The highest BCUT2D eigenvalue weighted by Crippen LogP contribution is 2.23. The fourth-order valence-electron chi connectivity index (χ4n) is 2.54. The molecule has 2 rings (SSSR count). The maximum atomic E-state index is 11.5. The highest BCUT2D eigenvalue weighted by atomic mass is 35.5. The van der Waals surface area contributed by atoms with Crippen molar-refractivity contribution >= 4 is 23.5 Å². The Morgan fingerprint density at radius 2 is 1.77 bits per heavy atom. The summed E-state index contributed by atoms with van der Waals surface area (Å²) in [7, 11) is 0. The van der Waals surface area contributed by atoms with Crippen molar-refractivity contribution in [3.05, 3.63) is 41.0 Å². The van der Waals surface area contributed by atoms with E-state index >= 15 is 0 Å². The standard InChI is InChI=1S/C18H21ClN2O5/c1-10(2)7-14(17(22)23)20-15(18(24)25)8-13-9-16(26-21-13)11-3-5-12(19)6-4-11/h3-6,9-10,14-15,20H,7-8H2,1-2H3,(H,22,23)(H,24,25)/t14-,15-/m0/s1. The molecule has 0 amide bonds. The van der Waals surface area contributed by atoms with Crippen LogP contribution >= 0.6 is 11.6 Å². The SMILES string of the molecule is CC(C)C[C@H](N[C@@H](Cc1cc(-c2ccc(Cl)cc2)on1)C(=O)O)C(=O)O. The van der Waals surface area contributed by atoms with E-state index in [9.17, 15) is 19.8 Å². The van der Waals surface area contributed by atoms with Crippen LogP contribution in [0.1, 0.15) is 26.0 Å². The lowest BCUT2D eigenvalue weighted by Gasteiger charge is -2.21. The molecule has 0 unspecified atom stereocenters. The van der Waals surface area contributed by atoms with E-state index < -0.39 is 24.0 Å². The number of carbonyl (C=O) groups is 2. The van der Waals surface area contributed by atoms with E-state index in [2.05, 4.69) is 10.5 Å². The third-order valence-electron chi connectivity index (χ3n) is 3.81. The summed E-state index contributed by atoms with van der Waals surface area (Å²) in [6.07, 6.45) is 0.336. The molecular weight excluding hydrogens is 360 g/mol. The van der Waals surface area contributed by atoms with Crippen LogP contribution in [0.3, 0.4) is 0 Å². The minimum Gasteiger partial charge on any atom is -0.480 e. The molecule has 3 N–H and O–H groups in total. The van der Waals surface area contributed by atoms with E-state index in [1.54, 1.807) is 30.3 Å². The van der Waals surface area contributed by atoms with Gasteiger partial charge in [0.05, 0.1) is 5.69 Å². The molecule has 0 radical (unpaired) electrons. The Morgan fingerprint density at radius 3 is 2.31 bits per heavy atom. The molecular formula is C18H21ClN2O5. The maximum absolute atomic E-state index is 11.5. The van der Waals surface area contributed by atoms with Crippen LogP contribution in [0, 0.1) is 5.92 Å². The molecule has 0 aliphatic carbocycles. The van der Waals surface area contributed by atoms with Gasteiger partial charge in [-0.3, -0.25) is 14.9 Å². The molecule has 8 heteroatoms. The Hall–Kier alpha value is -2.38. The number of carboxylic acid groups (broad SMARTS) is 2. The molecule has 26 heavy (non-hydrogen) atoms. The van der Waals surface area contributed by atoms with Gasteiger partial charge in [0.1, 0.15) is 12.1 Å². The molecule has 0 saturated heterocycles. The zero-order chi connectivity index (χ0) is 19.3. The van der Waals surface area contributed by atoms with Gasteiger partial charge in [-0.1, -0.05) is 30.6 Å². The quantitative estimate of drug-likeness (QED) is 0.612. The molecule has 0 aliphatic heterocycles. The summed E-state index contributed by atoms with van der Waals surface area (Å²) in [4.78, 5) is 22.9. The first kappa shape index (κ1) is 19.9. The van der Waals surface area contributed by atoms with Crippen LogP contribution in [-0.2, 0) is 16.0 Å². The lowest BCUT2D eigenvalue weighted by atomic mass is 10.0. The van der Waals surface area contributed by atoms with Crippen LogP contribution in [0.4, 0.5) is 0 Å². The highest BCUT2D eigenvalue weighted by molar-refractivity contribution is 6.30. The predicted octanol–water partition coefficient (Wildman–Crippen LogP) is 3.08. The van der Waals surface area contributed by atoms with Gasteiger partial charge < -0.3 is 14.7 Å². The zero-order valence-electron chi connectivity index (χ0n) is 14.5. The van der Waals surface area contributed by atoms with Crippen molar-refractivity contribution in [2.75, 3.05) is 0 Å². The van der Waals surface area contributed by atoms with Gasteiger partial charge in [0, 0.05) is 23.1 Å². The topological polar surface area (TPSA) is 113 Å². The van der Waals surface area contributed by atoms with Crippen molar-refractivity contribution < 1.29 is 24.3 Å². The van der Waals surface area contributed by atoms with Crippen LogP contribution in [0.2, 0.25) is 5.02 Å². The molecule has 0 fully saturated rings. The summed E-state index contributed by atoms with van der Waals surface area (Å²) in [6, 6.07) is 6.56. The number of aromatic nitrogens is 1. The first-order valence-corrected chi connectivity index (χ1v) is 8.57. The predicted molar refractivity (Wildman–Crippen MR) is 96.1 cm³/mol. The van der Waals surface area contributed by atoms with E-state index in [1.165, 1.54) is 0 Å². The Labute approximate surface area is 156 Å². The minimum atomic E-state index is -1.14. The third-order valence-corrected chi connectivity index (χ3v) is 4.06. The number of hydrogen-bond donors (Lipinski definition) is 3. The van der Waals surface area contributed by atoms with Gasteiger partial charge in [0.25, 0.3) is 0 Å². The Morgan fingerprint density at radius 1 is 1.15 bits per heavy atom. The number of halogens is 1. The van der Waals surface area contributed by atoms with Gasteiger partial charge >= 0.3 is 11.9 Å². The van der Waals surface area contributed by atoms with E-state index in [4.69, 9.17) is 16.1 Å². The monoisotopic (exact) mass is 380 g/mol. The number of rotatable bonds is 9. The lowest BCUT2D eigenvalue weighted by molar-refractivity contribution is -0.142. The molecule has 7 nitrogen and oxygen atoms in total. The fraction of sp³-hybridized carbons (Fsp3) is 0.389. The summed E-state index contributed by atoms with van der Waals surface area (Å²) >= 11 is 5.85. The highest BCUT2D eigenvalue weighted by Gasteiger charge is 2.27. The second-order valence-electron chi connectivity index (χ2n) is 6.47. The smallest absolute Gasteiger partial charge is 0.321 e. The molecule has 1 aromatic heterocycles. The number of aliphatic carboxylic acids is 2. The van der Waals surface area contributed by atoms with Crippen LogP contribution in [0.5, 0.6) is 0 Å². The average Bonchev–Trinajstić information content (AvgIpc) is 3.02. The van der Waals surface area contributed by atoms with Gasteiger partial charge in [0.15, 0.2) is 5.76 Å². The second-order valence-corrected chi connectivity index (χ2v) is 6.91. The summed E-state index contributed by atoms with van der Waals surface area (Å²) in [5.41, 5.74) is 1.18. The Kier molecular flexibility index (Phi) is 6.76. The van der Waals surface area contributed by atoms with E-state index in [0.717, 1.165) is 5.56 Å². The van der Waals surface area contributed by atoms with Crippen molar-refractivity contribution in [1.82, 2.24) is 10.5 Å². The number of nitrogens with zero attached hydrogens (tertiary/aromatic N) is 1. The van der Waals surface area contributed by atoms with E-state index in [1.807, 2.05) is 13.8 Å². The average molecular weight is 381 g/mol. The van der Waals surface area contributed by atoms with Gasteiger partial charge in [-0.15, -0.1) is 0 Å². The number of nitrogens with one attached hydrogen (secondary N) is 1. The minimum absolute atomic E-state index is 0.00823. The maximum Gasteiger partial charge on any atom is 0.321 e. The van der Waals surface area contributed by atoms with Gasteiger partial charge in [0.2, 0.25) is 0 Å². The van der Waals surface area contributed by atoms with Crippen LogP contribution in [0.25, 0.3) is 11.3 Å². The van der Waals surface area contributed by atoms with Crippen LogP contribution in [-0.4, -0.2) is 39.4 Å². The zero-order valence-corrected chi connectivity index (χ0v) is 15.2. The normalized spacial score (nSPS) is 13.5. The lowest BCUT2D eigenvalue weighted by Crippen LogP contribution is -2.48. The van der Waals surface area contributed by atoms with Crippen molar-refractivity contribution in [2.45, 2.75) is 38.8 Å². The Balaban J connectivity index is 2.11.